The lowest BCUT2D eigenvalue weighted by Gasteiger charge is -2.37. The van der Waals surface area contributed by atoms with Crippen molar-refractivity contribution in [3.8, 4) is 0 Å². The van der Waals surface area contributed by atoms with Crippen LogP contribution in [0.15, 0.2) is 12.4 Å². The zero-order valence-corrected chi connectivity index (χ0v) is 18.5. The molecule has 2 heterocycles. The van der Waals surface area contributed by atoms with Crippen molar-refractivity contribution in [3.05, 3.63) is 18.1 Å². The summed E-state index contributed by atoms with van der Waals surface area (Å²) in [6.45, 7) is 8.26. The highest BCUT2D eigenvalue weighted by molar-refractivity contribution is 6.02. The molecular formula is C18H31Cl2N5O3. The molecule has 0 bridgehead atoms. The van der Waals surface area contributed by atoms with Crippen LogP contribution in [0.25, 0.3) is 0 Å². The number of aromatic nitrogens is 2. The number of anilines is 1. The van der Waals surface area contributed by atoms with Gasteiger partial charge in [-0.25, -0.2) is 9.97 Å². The second-order valence-electron chi connectivity index (χ2n) is 7.82. The van der Waals surface area contributed by atoms with Crippen LogP contribution >= 0.6 is 24.8 Å². The van der Waals surface area contributed by atoms with E-state index in [4.69, 9.17) is 4.74 Å². The number of nitrogens with one attached hydrogen (secondary N) is 3. The smallest absolute Gasteiger partial charge is 0.273 e. The second kappa shape index (κ2) is 11.5. The highest BCUT2D eigenvalue weighted by Gasteiger charge is 2.33. The molecule has 2 rings (SSSR count). The topological polar surface area (TPSA) is 105 Å². The van der Waals surface area contributed by atoms with Gasteiger partial charge in [0, 0.05) is 36.9 Å². The number of hydrogen-bond donors (Lipinski definition) is 3. The minimum absolute atomic E-state index is 0. The van der Waals surface area contributed by atoms with Crippen molar-refractivity contribution in [1.29, 1.82) is 0 Å². The first-order chi connectivity index (χ1) is 12.3. The minimum atomic E-state index is -0.594. The third-order valence-corrected chi connectivity index (χ3v) is 4.57. The number of piperidine rings is 1. The molecule has 0 unspecified atom stereocenters. The Morgan fingerprint density at radius 2 is 1.79 bits per heavy atom. The maximum absolute atomic E-state index is 12.7. The number of carbonyl (C=O) groups is 2. The molecule has 0 spiro atoms. The first kappa shape index (κ1) is 26.5. The Morgan fingerprint density at radius 3 is 2.36 bits per heavy atom. The molecule has 10 heteroatoms. The standard InChI is InChI=1S/C18H29N5O3.2ClH/c1-17(2,3)16(25)23-14-13(20-9-10-21-14)15(24)22-11-18(12-26-4)5-7-19-8-6-18;;/h9-10,19H,5-8,11-12H2,1-4H3,(H,22,24)(H,21,23,25);2*1H. The van der Waals surface area contributed by atoms with E-state index in [1.807, 2.05) is 0 Å². The summed E-state index contributed by atoms with van der Waals surface area (Å²) < 4.78 is 5.37. The van der Waals surface area contributed by atoms with Gasteiger partial charge in [-0.15, -0.1) is 24.8 Å². The molecule has 0 saturated carbocycles. The van der Waals surface area contributed by atoms with Crippen molar-refractivity contribution in [2.45, 2.75) is 33.6 Å². The minimum Gasteiger partial charge on any atom is -0.384 e. The average molecular weight is 436 g/mol. The van der Waals surface area contributed by atoms with Crippen LogP contribution in [0.4, 0.5) is 5.82 Å². The van der Waals surface area contributed by atoms with E-state index in [0.29, 0.717) is 13.2 Å². The van der Waals surface area contributed by atoms with E-state index in [9.17, 15) is 9.59 Å². The summed E-state index contributed by atoms with van der Waals surface area (Å²) in [5.74, 6) is -0.395. The summed E-state index contributed by atoms with van der Waals surface area (Å²) in [5, 5.41) is 8.97. The fourth-order valence-electron chi connectivity index (χ4n) is 2.88. The van der Waals surface area contributed by atoms with E-state index >= 15 is 0 Å². The molecule has 0 aliphatic carbocycles. The van der Waals surface area contributed by atoms with Crippen molar-refractivity contribution in [1.82, 2.24) is 20.6 Å². The largest absolute Gasteiger partial charge is 0.384 e. The number of methoxy groups -OCH3 is 1. The van der Waals surface area contributed by atoms with Gasteiger partial charge >= 0.3 is 0 Å². The number of amides is 2. The monoisotopic (exact) mass is 435 g/mol. The lowest BCUT2D eigenvalue weighted by Crippen LogP contribution is -2.47. The van der Waals surface area contributed by atoms with Crippen LogP contribution in [0, 0.1) is 10.8 Å². The van der Waals surface area contributed by atoms with E-state index in [1.54, 1.807) is 27.9 Å². The molecule has 0 radical (unpaired) electrons. The average Bonchev–Trinajstić information content (AvgIpc) is 2.60. The molecule has 0 atom stereocenters. The van der Waals surface area contributed by atoms with E-state index in [0.717, 1.165) is 25.9 Å². The van der Waals surface area contributed by atoms with Crippen LogP contribution in [0.5, 0.6) is 0 Å². The summed E-state index contributed by atoms with van der Waals surface area (Å²) in [5.41, 5.74) is -0.568. The van der Waals surface area contributed by atoms with Crippen LogP contribution in [-0.2, 0) is 9.53 Å². The Morgan fingerprint density at radius 1 is 1.18 bits per heavy atom. The SMILES string of the molecule is COCC1(CNC(=O)c2nccnc2NC(=O)C(C)(C)C)CCNCC1.Cl.Cl. The number of hydrogen-bond acceptors (Lipinski definition) is 6. The van der Waals surface area contributed by atoms with Crippen LogP contribution < -0.4 is 16.0 Å². The number of rotatable bonds is 6. The van der Waals surface area contributed by atoms with Crippen LogP contribution in [0.2, 0.25) is 0 Å². The van der Waals surface area contributed by atoms with E-state index < -0.39 is 5.41 Å². The number of ether oxygens (including phenoxy) is 1. The van der Waals surface area contributed by atoms with Gasteiger partial charge < -0.3 is 20.7 Å². The summed E-state index contributed by atoms with van der Waals surface area (Å²) in [6, 6.07) is 0. The third kappa shape index (κ3) is 7.16. The van der Waals surface area contributed by atoms with Crippen LogP contribution in [0.3, 0.4) is 0 Å². The van der Waals surface area contributed by atoms with Crippen LogP contribution in [0.1, 0.15) is 44.1 Å². The molecule has 1 aliphatic heterocycles. The molecule has 160 valence electrons. The lowest BCUT2D eigenvalue weighted by atomic mass is 9.79. The molecule has 3 N–H and O–H groups in total. The zero-order valence-electron chi connectivity index (χ0n) is 16.8. The summed E-state index contributed by atoms with van der Waals surface area (Å²) >= 11 is 0. The molecule has 1 aliphatic rings. The molecule has 1 saturated heterocycles. The van der Waals surface area contributed by atoms with Gasteiger partial charge in [-0.3, -0.25) is 9.59 Å². The molecule has 1 aromatic heterocycles. The van der Waals surface area contributed by atoms with Gasteiger partial charge in [-0.2, -0.15) is 0 Å². The van der Waals surface area contributed by atoms with Gasteiger partial charge in [0.1, 0.15) is 0 Å². The fourth-order valence-corrected chi connectivity index (χ4v) is 2.88. The molecular weight excluding hydrogens is 405 g/mol. The van der Waals surface area contributed by atoms with Crippen LogP contribution in [-0.4, -0.2) is 55.1 Å². The van der Waals surface area contributed by atoms with Gasteiger partial charge in [0.15, 0.2) is 11.5 Å². The summed E-state index contributed by atoms with van der Waals surface area (Å²) in [4.78, 5) is 33.1. The quantitative estimate of drug-likeness (QED) is 0.631. The molecule has 0 aromatic carbocycles. The number of halogens is 2. The Labute approximate surface area is 178 Å². The highest BCUT2D eigenvalue weighted by Crippen LogP contribution is 2.28. The van der Waals surface area contributed by atoms with Crippen molar-refractivity contribution in [2.24, 2.45) is 10.8 Å². The summed E-state index contributed by atoms with van der Waals surface area (Å²) in [6.07, 6.45) is 4.75. The maximum Gasteiger partial charge on any atom is 0.273 e. The van der Waals surface area contributed by atoms with Gasteiger partial charge in [0.05, 0.1) is 6.61 Å². The van der Waals surface area contributed by atoms with Gasteiger partial charge in [0.2, 0.25) is 5.91 Å². The predicted octanol–water partition coefficient (Wildman–Crippen LogP) is 2.05. The van der Waals surface area contributed by atoms with E-state index in [-0.39, 0.29) is 53.6 Å². The van der Waals surface area contributed by atoms with Gasteiger partial charge in [-0.1, -0.05) is 20.8 Å². The van der Waals surface area contributed by atoms with Crippen molar-refractivity contribution in [2.75, 3.05) is 38.7 Å². The van der Waals surface area contributed by atoms with Crippen molar-refractivity contribution in [3.63, 3.8) is 0 Å². The zero-order chi connectivity index (χ0) is 19.2. The molecule has 1 aromatic rings. The first-order valence-electron chi connectivity index (χ1n) is 8.88. The highest BCUT2D eigenvalue weighted by atomic mass is 35.5. The lowest BCUT2D eigenvalue weighted by molar-refractivity contribution is -0.123. The summed E-state index contributed by atoms with van der Waals surface area (Å²) in [7, 11) is 1.68. The van der Waals surface area contributed by atoms with Crippen molar-refractivity contribution < 1.29 is 14.3 Å². The molecule has 8 nitrogen and oxygen atoms in total. The Balaban J connectivity index is 0.00000364. The number of carbonyl (C=O) groups excluding carboxylic acids is 2. The van der Waals surface area contributed by atoms with E-state index in [1.165, 1.54) is 12.4 Å². The predicted molar refractivity (Wildman–Crippen MR) is 113 cm³/mol. The molecule has 2 amide bonds. The maximum atomic E-state index is 12.7. The Hall–Kier alpha value is -1.48. The molecule has 1 fully saturated rings. The second-order valence-corrected chi connectivity index (χ2v) is 7.82. The number of nitrogens with zero attached hydrogens (tertiary/aromatic N) is 2. The van der Waals surface area contributed by atoms with Crippen molar-refractivity contribution >= 4 is 42.4 Å². The normalized spacial score (nSPS) is 15.6. The first-order valence-corrected chi connectivity index (χ1v) is 8.88. The third-order valence-electron chi connectivity index (χ3n) is 4.57. The van der Waals surface area contributed by atoms with Gasteiger partial charge in [-0.05, 0) is 25.9 Å². The van der Waals surface area contributed by atoms with E-state index in [2.05, 4.69) is 25.9 Å². The van der Waals surface area contributed by atoms with Gasteiger partial charge in [0.25, 0.3) is 5.91 Å². The Bertz CT molecular complexity index is 641. The molecule has 28 heavy (non-hydrogen) atoms. The fraction of sp³-hybridized carbons (Fsp3) is 0.667. The Kier molecular flexibility index (Phi) is 10.9.